The highest BCUT2D eigenvalue weighted by Gasteiger charge is 2.21. The van der Waals surface area contributed by atoms with Crippen molar-refractivity contribution >= 4 is 5.97 Å². The Hall–Kier alpha value is -1.05. The van der Waals surface area contributed by atoms with E-state index in [0.29, 0.717) is 6.61 Å². The predicted molar refractivity (Wildman–Crippen MR) is 41.0 cm³/mol. The standard InChI is InChI=1S/C9H10O2/c10-9-8-4-2-1-3-7(8)5-6-11-9/h1-2H,3-6H2. The van der Waals surface area contributed by atoms with Crippen LogP contribution in [0.3, 0.4) is 0 Å². The topological polar surface area (TPSA) is 26.3 Å². The van der Waals surface area contributed by atoms with Gasteiger partial charge in [-0.25, -0.2) is 4.79 Å². The molecule has 0 amide bonds. The first-order chi connectivity index (χ1) is 5.38. The quantitative estimate of drug-likeness (QED) is 0.387. The first-order valence-electron chi connectivity index (χ1n) is 3.91. The minimum Gasteiger partial charge on any atom is -0.462 e. The molecule has 1 aliphatic heterocycles. The SMILES string of the molecule is O=C1OCCC2=C1CC=CC2. The van der Waals surface area contributed by atoms with Crippen molar-refractivity contribution in [2.75, 3.05) is 6.61 Å². The van der Waals surface area contributed by atoms with Gasteiger partial charge in [0, 0.05) is 12.0 Å². The summed E-state index contributed by atoms with van der Waals surface area (Å²) >= 11 is 0. The summed E-state index contributed by atoms with van der Waals surface area (Å²) in [5.74, 6) is -0.101. The third-order valence-corrected chi connectivity index (χ3v) is 2.16. The molecule has 0 saturated heterocycles. The Labute approximate surface area is 65.5 Å². The molecular weight excluding hydrogens is 140 g/mol. The number of cyclic esters (lactones) is 1. The number of hydrogen-bond donors (Lipinski definition) is 0. The third kappa shape index (κ3) is 1.09. The van der Waals surface area contributed by atoms with E-state index in [0.717, 1.165) is 24.8 Å². The van der Waals surface area contributed by atoms with E-state index in [2.05, 4.69) is 6.08 Å². The van der Waals surface area contributed by atoms with Crippen LogP contribution in [-0.2, 0) is 9.53 Å². The summed E-state index contributed by atoms with van der Waals surface area (Å²) < 4.78 is 4.92. The van der Waals surface area contributed by atoms with Gasteiger partial charge in [0.25, 0.3) is 0 Å². The molecule has 0 aromatic heterocycles. The lowest BCUT2D eigenvalue weighted by atomic mass is 9.93. The predicted octanol–water partition coefficient (Wildman–Crippen LogP) is 1.58. The second kappa shape index (κ2) is 2.53. The Balaban J connectivity index is 2.29. The van der Waals surface area contributed by atoms with Crippen LogP contribution in [0.5, 0.6) is 0 Å². The molecule has 0 saturated carbocycles. The van der Waals surface area contributed by atoms with Gasteiger partial charge in [0.2, 0.25) is 0 Å². The van der Waals surface area contributed by atoms with Gasteiger partial charge in [0.05, 0.1) is 6.61 Å². The van der Waals surface area contributed by atoms with E-state index < -0.39 is 0 Å². The molecule has 0 atom stereocenters. The molecule has 1 aliphatic carbocycles. The zero-order chi connectivity index (χ0) is 7.68. The van der Waals surface area contributed by atoms with E-state index in [1.165, 1.54) is 5.57 Å². The van der Waals surface area contributed by atoms with E-state index in [1.807, 2.05) is 6.08 Å². The van der Waals surface area contributed by atoms with Gasteiger partial charge in [-0.2, -0.15) is 0 Å². The van der Waals surface area contributed by atoms with Crippen LogP contribution in [0.2, 0.25) is 0 Å². The molecular formula is C9H10O2. The number of allylic oxidation sites excluding steroid dienone is 2. The molecule has 58 valence electrons. The number of hydrogen-bond acceptors (Lipinski definition) is 2. The first kappa shape index (κ1) is 6.65. The number of esters is 1. The largest absolute Gasteiger partial charge is 0.462 e. The van der Waals surface area contributed by atoms with Crippen molar-refractivity contribution in [3.8, 4) is 0 Å². The van der Waals surface area contributed by atoms with Gasteiger partial charge in [0.15, 0.2) is 0 Å². The molecule has 2 rings (SSSR count). The molecule has 0 unspecified atom stereocenters. The van der Waals surface area contributed by atoms with E-state index in [-0.39, 0.29) is 5.97 Å². The summed E-state index contributed by atoms with van der Waals surface area (Å²) in [7, 11) is 0. The van der Waals surface area contributed by atoms with Gasteiger partial charge in [-0.05, 0) is 12.8 Å². The Morgan fingerprint density at radius 2 is 2.09 bits per heavy atom. The van der Waals surface area contributed by atoms with Crippen molar-refractivity contribution in [2.45, 2.75) is 19.3 Å². The molecule has 0 aromatic carbocycles. The van der Waals surface area contributed by atoms with Gasteiger partial charge in [-0.1, -0.05) is 17.7 Å². The lowest BCUT2D eigenvalue weighted by Crippen LogP contribution is -2.18. The van der Waals surface area contributed by atoms with E-state index in [1.54, 1.807) is 0 Å². The van der Waals surface area contributed by atoms with Crippen LogP contribution in [0.15, 0.2) is 23.3 Å². The molecule has 2 nitrogen and oxygen atoms in total. The van der Waals surface area contributed by atoms with Crippen molar-refractivity contribution < 1.29 is 9.53 Å². The number of carbonyl (C=O) groups is 1. The van der Waals surface area contributed by atoms with Gasteiger partial charge in [-0.3, -0.25) is 0 Å². The van der Waals surface area contributed by atoms with Crippen LogP contribution in [-0.4, -0.2) is 12.6 Å². The van der Waals surface area contributed by atoms with Crippen LogP contribution in [0.1, 0.15) is 19.3 Å². The fourth-order valence-corrected chi connectivity index (χ4v) is 1.53. The summed E-state index contributed by atoms with van der Waals surface area (Å²) in [6, 6.07) is 0. The van der Waals surface area contributed by atoms with Crippen molar-refractivity contribution in [2.24, 2.45) is 0 Å². The van der Waals surface area contributed by atoms with Crippen LogP contribution in [0, 0.1) is 0 Å². The molecule has 0 N–H and O–H groups in total. The zero-order valence-corrected chi connectivity index (χ0v) is 6.30. The maximum absolute atomic E-state index is 11.1. The highest BCUT2D eigenvalue weighted by Crippen LogP contribution is 2.26. The third-order valence-electron chi connectivity index (χ3n) is 2.16. The summed E-state index contributed by atoms with van der Waals surface area (Å²) in [5, 5.41) is 0. The fraction of sp³-hybridized carbons (Fsp3) is 0.444. The number of carbonyl (C=O) groups excluding carboxylic acids is 1. The molecule has 2 heteroatoms. The second-order valence-corrected chi connectivity index (χ2v) is 2.85. The van der Waals surface area contributed by atoms with E-state index in [4.69, 9.17) is 4.74 Å². The van der Waals surface area contributed by atoms with Gasteiger partial charge in [-0.15, -0.1) is 0 Å². The maximum Gasteiger partial charge on any atom is 0.334 e. The van der Waals surface area contributed by atoms with Crippen LogP contribution in [0.25, 0.3) is 0 Å². The average Bonchev–Trinajstić information content (AvgIpc) is 2.06. The van der Waals surface area contributed by atoms with Crippen molar-refractivity contribution in [1.29, 1.82) is 0 Å². The Bertz CT molecular complexity index is 248. The summed E-state index contributed by atoms with van der Waals surface area (Å²) in [5.41, 5.74) is 2.18. The Morgan fingerprint density at radius 3 is 2.91 bits per heavy atom. The molecule has 1 heterocycles. The first-order valence-corrected chi connectivity index (χ1v) is 3.91. The van der Waals surface area contributed by atoms with Gasteiger partial charge < -0.3 is 4.74 Å². The van der Waals surface area contributed by atoms with Crippen LogP contribution in [0.4, 0.5) is 0 Å². The molecule has 0 spiro atoms. The highest BCUT2D eigenvalue weighted by atomic mass is 16.5. The van der Waals surface area contributed by atoms with E-state index in [9.17, 15) is 4.79 Å². The maximum atomic E-state index is 11.1. The van der Waals surface area contributed by atoms with Crippen molar-refractivity contribution in [3.05, 3.63) is 23.3 Å². The Kier molecular flexibility index (Phi) is 1.53. The lowest BCUT2D eigenvalue weighted by Gasteiger charge is -2.20. The molecule has 0 fully saturated rings. The number of rotatable bonds is 0. The zero-order valence-electron chi connectivity index (χ0n) is 6.30. The van der Waals surface area contributed by atoms with Crippen LogP contribution >= 0.6 is 0 Å². The number of ether oxygens (including phenoxy) is 1. The van der Waals surface area contributed by atoms with Crippen molar-refractivity contribution in [1.82, 2.24) is 0 Å². The highest BCUT2D eigenvalue weighted by molar-refractivity contribution is 5.90. The van der Waals surface area contributed by atoms with Crippen molar-refractivity contribution in [3.63, 3.8) is 0 Å². The molecule has 0 bridgehead atoms. The van der Waals surface area contributed by atoms with Crippen LogP contribution < -0.4 is 0 Å². The Morgan fingerprint density at radius 1 is 1.27 bits per heavy atom. The molecule has 2 aliphatic rings. The summed E-state index contributed by atoms with van der Waals surface area (Å²) in [6.07, 6.45) is 6.81. The van der Waals surface area contributed by atoms with E-state index >= 15 is 0 Å². The second-order valence-electron chi connectivity index (χ2n) is 2.85. The molecule has 11 heavy (non-hydrogen) atoms. The van der Waals surface area contributed by atoms with Gasteiger partial charge in [0.1, 0.15) is 0 Å². The fourth-order valence-electron chi connectivity index (χ4n) is 1.53. The monoisotopic (exact) mass is 150 g/mol. The average molecular weight is 150 g/mol. The molecule has 0 aromatic rings. The normalized spacial score (nSPS) is 23.1. The smallest absolute Gasteiger partial charge is 0.334 e. The molecule has 0 radical (unpaired) electrons. The summed E-state index contributed by atoms with van der Waals surface area (Å²) in [6.45, 7) is 0.575. The lowest BCUT2D eigenvalue weighted by molar-refractivity contribution is -0.140. The summed E-state index contributed by atoms with van der Waals surface area (Å²) in [4.78, 5) is 11.1. The van der Waals surface area contributed by atoms with Gasteiger partial charge >= 0.3 is 5.97 Å². The minimum absolute atomic E-state index is 0.101. The minimum atomic E-state index is -0.101.